The second-order valence-electron chi connectivity index (χ2n) is 10.2. The number of benzene rings is 1. The van der Waals surface area contributed by atoms with Crippen molar-refractivity contribution in [2.75, 3.05) is 39.2 Å². The molecule has 2 N–H and O–H groups in total. The highest BCUT2D eigenvalue weighted by atomic mass is 19.1. The molecular weight excluding hydrogens is 467 g/mol. The summed E-state index contributed by atoms with van der Waals surface area (Å²) in [6, 6.07) is 8.81. The summed E-state index contributed by atoms with van der Waals surface area (Å²) in [5, 5.41) is 0. The Labute approximate surface area is 218 Å². The van der Waals surface area contributed by atoms with Crippen LogP contribution in [0.25, 0.3) is 11.1 Å². The van der Waals surface area contributed by atoms with E-state index in [9.17, 15) is 4.39 Å². The predicted molar refractivity (Wildman–Crippen MR) is 144 cm³/mol. The van der Waals surface area contributed by atoms with Crippen LogP contribution in [0.5, 0.6) is 0 Å². The van der Waals surface area contributed by atoms with E-state index in [1.807, 2.05) is 25.1 Å². The minimum atomic E-state index is -0.270. The molecule has 1 atom stereocenters. The summed E-state index contributed by atoms with van der Waals surface area (Å²) in [5.74, 6) is 0.784. The topological polar surface area (TPSA) is 89.5 Å². The lowest BCUT2D eigenvalue weighted by atomic mass is 9.78. The van der Waals surface area contributed by atoms with Gasteiger partial charge in [0.1, 0.15) is 12.5 Å². The molecule has 7 nitrogen and oxygen atoms in total. The highest BCUT2D eigenvalue weighted by Crippen LogP contribution is 2.38. The van der Waals surface area contributed by atoms with Gasteiger partial charge in [-0.05, 0) is 100 Å². The van der Waals surface area contributed by atoms with Crippen molar-refractivity contribution in [3.63, 3.8) is 0 Å². The van der Waals surface area contributed by atoms with Crippen molar-refractivity contribution in [1.29, 1.82) is 0 Å². The molecule has 37 heavy (non-hydrogen) atoms. The Balaban J connectivity index is 1.37. The molecule has 1 aromatic carbocycles. The summed E-state index contributed by atoms with van der Waals surface area (Å²) < 4.78 is 20.3. The summed E-state index contributed by atoms with van der Waals surface area (Å²) >= 11 is 0. The van der Waals surface area contributed by atoms with E-state index >= 15 is 0 Å². The van der Waals surface area contributed by atoms with E-state index in [2.05, 4.69) is 26.9 Å². The first-order valence-electron chi connectivity index (χ1n) is 13.1. The SMILES string of the molecule is Cc1nc(N)nc2c1C(=NCOCCC1CCN(C)CC1)CC(c1ccc(F)cc1-c1cccnc1)C2. The average molecular weight is 503 g/mol. The highest BCUT2D eigenvalue weighted by Gasteiger charge is 2.30. The zero-order valence-corrected chi connectivity index (χ0v) is 21.7. The molecule has 194 valence electrons. The number of pyridine rings is 1. The van der Waals surface area contributed by atoms with E-state index in [1.54, 1.807) is 18.5 Å². The molecule has 0 saturated carbocycles. The molecule has 1 fully saturated rings. The van der Waals surface area contributed by atoms with E-state index < -0.39 is 0 Å². The van der Waals surface area contributed by atoms with Gasteiger partial charge in [0.2, 0.25) is 5.95 Å². The molecule has 0 bridgehead atoms. The van der Waals surface area contributed by atoms with Crippen molar-refractivity contribution in [2.45, 2.75) is 44.9 Å². The van der Waals surface area contributed by atoms with Crippen molar-refractivity contribution in [3.05, 3.63) is 71.1 Å². The summed E-state index contributed by atoms with van der Waals surface area (Å²) in [6.45, 7) is 5.29. The molecule has 2 aliphatic rings. The number of ether oxygens (including phenoxy) is 1. The number of aromatic nitrogens is 3. The zero-order chi connectivity index (χ0) is 25.8. The van der Waals surface area contributed by atoms with Crippen molar-refractivity contribution >= 4 is 11.7 Å². The maximum absolute atomic E-state index is 14.3. The molecule has 1 aliphatic heterocycles. The molecule has 2 aromatic heterocycles. The Hall–Kier alpha value is -3.23. The maximum Gasteiger partial charge on any atom is 0.220 e. The van der Waals surface area contributed by atoms with Crippen LogP contribution < -0.4 is 5.73 Å². The van der Waals surface area contributed by atoms with Gasteiger partial charge < -0.3 is 15.4 Å². The van der Waals surface area contributed by atoms with E-state index in [1.165, 1.54) is 18.9 Å². The fraction of sp³-hybridized carbons (Fsp3) is 0.448. The number of piperidine rings is 1. The van der Waals surface area contributed by atoms with Gasteiger partial charge in [-0.1, -0.05) is 12.1 Å². The van der Waals surface area contributed by atoms with Crippen LogP contribution in [0.2, 0.25) is 0 Å². The number of nitrogens with zero attached hydrogens (tertiary/aromatic N) is 5. The molecule has 8 heteroatoms. The Kier molecular flexibility index (Phi) is 7.86. The second kappa shape index (κ2) is 11.4. The van der Waals surface area contributed by atoms with Gasteiger partial charge in [-0.25, -0.2) is 14.4 Å². The number of nitrogens with two attached hydrogens (primary N) is 1. The summed E-state index contributed by atoms with van der Waals surface area (Å²) in [6.07, 6.45) is 8.40. The van der Waals surface area contributed by atoms with Gasteiger partial charge in [0.15, 0.2) is 0 Å². The van der Waals surface area contributed by atoms with E-state index in [0.717, 1.165) is 64.8 Å². The molecule has 5 rings (SSSR count). The van der Waals surface area contributed by atoms with Crippen LogP contribution in [-0.4, -0.2) is 59.0 Å². The average Bonchev–Trinajstić information content (AvgIpc) is 2.89. The Morgan fingerprint density at radius 2 is 2.00 bits per heavy atom. The number of nitrogen functional groups attached to an aromatic ring is 1. The third kappa shape index (κ3) is 6.02. The minimum absolute atomic E-state index is 0.0648. The fourth-order valence-electron chi connectivity index (χ4n) is 5.63. The summed E-state index contributed by atoms with van der Waals surface area (Å²) in [5.41, 5.74) is 12.4. The van der Waals surface area contributed by atoms with Crippen molar-refractivity contribution < 1.29 is 9.13 Å². The number of fused-ring (bicyclic) bond motifs is 1. The maximum atomic E-state index is 14.3. The lowest BCUT2D eigenvalue weighted by Gasteiger charge is -2.29. The number of anilines is 1. The first-order valence-corrected chi connectivity index (χ1v) is 13.1. The minimum Gasteiger partial charge on any atom is -0.368 e. The molecular formula is C29H35FN6O. The van der Waals surface area contributed by atoms with Gasteiger partial charge in [-0.2, -0.15) is 0 Å². The third-order valence-electron chi connectivity index (χ3n) is 7.63. The largest absolute Gasteiger partial charge is 0.368 e. The summed E-state index contributed by atoms with van der Waals surface area (Å²) in [4.78, 5) is 20.5. The number of hydrogen-bond acceptors (Lipinski definition) is 7. The third-order valence-corrected chi connectivity index (χ3v) is 7.63. The van der Waals surface area contributed by atoms with Crippen LogP contribution >= 0.6 is 0 Å². The lowest BCUT2D eigenvalue weighted by molar-refractivity contribution is 0.111. The standard InChI is InChI=1S/C29H35FN6O/c1-19-28-26(33-18-37-13-9-20-7-11-36(2)12-8-20)14-22(15-27(28)35-29(31)34-19)24-6-5-23(30)16-25(24)21-4-3-10-32-17-21/h3-6,10,16-17,20,22H,7-9,11-15,18H2,1-2H3,(H2,31,34,35). The van der Waals surface area contributed by atoms with E-state index in [-0.39, 0.29) is 17.7 Å². The van der Waals surface area contributed by atoms with Crippen molar-refractivity contribution in [2.24, 2.45) is 10.9 Å². The predicted octanol–water partition coefficient (Wildman–Crippen LogP) is 4.79. The Morgan fingerprint density at radius 1 is 1.16 bits per heavy atom. The zero-order valence-electron chi connectivity index (χ0n) is 21.7. The number of aliphatic imine (C=N–C) groups is 1. The quantitative estimate of drug-likeness (QED) is 0.467. The molecule has 0 amide bonds. The van der Waals surface area contributed by atoms with Gasteiger partial charge in [-0.15, -0.1) is 0 Å². The normalized spacial score (nSPS) is 19.8. The molecule has 3 heterocycles. The first kappa shape index (κ1) is 25.4. The molecule has 0 spiro atoms. The molecule has 3 aromatic rings. The van der Waals surface area contributed by atoms with Gasteiger partial charge in [0.05, 0.1) is 11.4 Å². The fourth-order valence-corrected chi connectivity index (χ4v) is 5.63. The number of aryl methyl sites for hydroxylation is 1. The van der Waals surface area contributed by atoms with Gasteiger partial charge in [0, 0.05) is 35.8 Å². The Morgan fingerprint density at radius 3 is 2.78 bits per heavy atom. The van der Waals surface area contributed by atoms with Crippen molar-refractivity contribution in [1.82, 2.24) is 19.9 Å². The van der Waals surface area contributed by atoms with Gasteiger partial charge in [-0.3, -0.25) is 9.98 Å². The van der Waals surface area contributed by atoms with Crippen LogP contribution in [-0.2, 0) is 11.2 Å². The number of halogens is 1. The first-order chi connectivity index (χ1) is 18.0. The lowest BCUT2D eigenvalue weighted by Crippen LogP contribution is -2.30. The van der Waals surface area contributed by atoms with Crippen LogP contribution in [0, 0.1) is 18.7 Å². The smallest absolute Gasteiger partial charge is 0.220 e. The summed E-state index contributed by atoms with van der Waals surface area (Å²) in [7, 11) is 2.18. The molecule has 1 unspecified atom stereocenters. The van der Waals surface area contributed by atoms with E-state index in [0.29, 0.717) is 26.2 Å². The Bertz CT molecular complexity index is 1260. The van der Waals surface area contributed by atoms with Crippen LogP contribution in [0.4, 0.5) is 10.3 Å². The molecule has 1 aliphatic carbocycles. The molecule has 0 radical (unpaired) electrons. The molecule has 1 saturated heterocycles. The van der Waals surface area contributed by atoms with Gasteiger partial charge >= 0.3 is 0 Å². The number of rotatable bonds is 7. The number of hydrogen-bond donors (Lipinski definition) is 1. The highest BCUT2D eigenvalue weighted by molar-refractivity contribution is 6.04. The van der Waals surface area contributed by atoms with Crippen LogP contribution in [0.3, 0.4) is 0 Å². The van der Waals surface area contributed by atoms with Crippen molar-refractivity contribution in [3.8, 4) is 11.1 Å². The van der Waals surface area contributed by atoms with Crippen LogP contribution in [0.1, 0.15) is 54.1 Å². The van der Waals surface area contributed by atoms with Gasteiger partial charge in [0.25, 0.3) is 0 Å². The van der Waals surface area contributed by atoms with E-state index in [4.69, 9.17) is 15.5 Å². The monoisotopic (exact) mass is 502 g/mol. The van der Waals surface area contributed by atoms with Crippen LogP contribution in [0.15, 0.2) is 47.7 Å². The number of likely N-dealkylation sites (tertiary alicyclic amines) is 1. The second-order valence-corrected chi connectivity index (χ2v) is 10.2.